The minimum Gasteiger partial charge on any atom is -0.497 e. The second-order valence-electron chi connectivity index (χ2n) is 5.86. The number of hydrogen-bond acceptors (Lipinski definition) is 4. The van der Waals surface area contributed by atoms with E-state index >= 15 is 0 Å². The van der Waals surface area contributed by atoms with Gasteiger partial charge in [-0.2, -0.15) is 0 Å². The van der Waals surface area contributed by atoms with E-state index in [1.165, 1.54) is 0 Å². The summed E-state index contributed by atoms with van der Waals surface area (Å²) in [6.07, 6.45) is 1.73. The molecule has 3 N–H and O–H groups in total. The van der Waals surface area contributed by atoms with Crippen LogP contribution in [0, 0.1) is 5.92 Å². The number of carbonyl (C=O) groups excluding carboxylic acids is 2. The van der Waals surface area contributed by atoms with Gasteiger partial charge in [0.2, 0.25) is 5.91 Å². The molecule has 134 valence electrons. The molecule has 24 heavy (non-hydrogen) atoms. The summed E-state index contributed by atoms with van der Waals surface area (Å²) in [7, 11) is 1.56. The number of piperidine rings is 1. The third-order valence-corrected chi connectivity index (χ3v) is 4.04. The van der Waals surface area contributed by atoms with E-state index in [9.17, 15) is 9.59 Å². The van der Waals surface area contributed by atoms with Gasteiger partial charge in [-0.05, 0) is 44.5 Å². The summed E-state index contributed by atoms with van der Waals surface area (Å²) in [6, 6.07) is 7.36. The van der Waals surface area contributed by atoms with Gasteiger partial charge in [0.25, 0.3) is 5.91 Å². The van der Waals surface area contributed by atoms with Crippen LogP contribution in [0.2, 0.25) is 0 Å². The van der Waals surface area contributed by atoms with Crippen LogP contribution >= 0.6 is 12.4 Å². The smallest absolute Gasteiger partial charge is 0.251 e. The minimum atomic E-state index is -0.173. The summed E-state index contributed by atoms with van der Waals surface area (Å²) < 4.78 is 5.10. The number of ether oxygens (including phenoxy) is 1. The monoisotopic (exact) mass is 355 g/mol. The lowest BCUT2D eigenvalue weighted by atomic mass is 9.92. The predicted molar refractivity (Wildman–Crippen MR) is 95.8 cm³/mol. The molecule has 2 rings (SSSR count). The third kappa shape index (κ3) is 6.02. The normalized spacial score (nSPS) is 19.8. The quantitative estimate of drug-likeness (QED) is 0.673. The Kier molecular flexibility index (Phi) is 8.57. The fourth-order valence-corrected chi connectivity index (χ4v) is 2.74. The van der Waals surface area contributed by atoms with Gasteiger partial charge in [0.15, 0.2) is 0 Å². The third-order valence-electron chi connectivity index (χ3n) is 4.04. The molecule has 6 nitrogen and oxygen atoms in total. The lowest BCUT2D eigenvalue weighted by molar-refractivity contribution is -0.126. The Labute approximate surface area is 149 Å². The molecule has 1 fully saturated rings. The molecule has 1 saturated heterocycles. The number of methoxy groups -OCH3 is 1. The van der Waals surface area contributed by atoms with Crippen LogP contribution < -0.4 is 20.7 Å². The van der Waals surface area contributed by atoms with Gasteiger partial charge in [-0.3, -0.25) is 9.59 Å². The first-order chi connectivity index (χ1) is 11.1. The van der Waals surface area contributed by atoms with Crippen molar-refractivity contribution in [2.75, 3.05) is 26.7 Å². The van der Waals surface area contributed by atoms with Crippen molar-refractivity contribution in [2.24, 2.45) is 5.92 Å². The van der Waals surface area contributed by atoms with Crippen molar-refractivity contribution >= 4 is 24.2 Å². The Morgan fingerprint density at radius 1 is 1.29 bits per heavy atom. The first kappa shape index (κ1) is 20.3. The van der Waals surface area contributed by atoms with E-state index in [0.717, 1.165) is 19.4 Å². The lowest BCUT2D eigenvalue weighted by Crippen LogP contribution is -2.44. The number of nitrogens with one attached hydrogen (secondary N) is 3. The summed E-state index contributed by atoms with van der Waals surface area (Å²) in [6.45, 7) is 3.81. The fraction of sp³-hybridized carbons (Fsp3) is 0.529. The van der Waals surface area contributed by atoms with E-state index in [0.29, 0.717) is 30.4 Å². The Morgan fingerprint density at radius 3 is 2.75 bits per heavy atom. The zero-order valence-corrected chi connectivity index (χ0v) is 14.9. The molecule has 7 heteroatoms. The predicted octanol–water partition coefficient (Wildman–Crippen LogP) is 1.35. The topological polar surface area (TPSA) is 79.5 Å². The van der Waals surface area contributed by atoms with E-state index in [-0.39, 0.29) is 30.1 Å². The van der Waals surface area contributed by atoms with Gasteiger partial charge in [0.1, 0.15) is 5.75 Å². The highest BCUT2D eigenvalue weighted by Gasteiger charge is 2.24. The molecular formula is C17H26ClN3O3. The molecule has 2 amide bonds. The molecule has 1 aliphatic heterocycles. The average molecular weight is 356 g/mol. The van der Waals surface area contributed by atoms with Crippen LogP contribution in [-0.2, 0) is 4.79 Å². The van der Waals surface area contributed by atoms with E-state index in [4.69, 9.17) is 4.74 Å². The zero-order chi connectivity index (χ0) is 16.7. The first-order valence-corrected chi connectivity index (χ1v) is 8.03. The number of benzene rings is 1. The molecule has 1 aromatic carbocycles. The molecule has 1 heterocycles. The number of amides is 2. The van der Waals surface area contributed by atoms with Crippen molar-refractivity contribution in [3.8, 4) is 5.75 Å². The fourth-order valence-electron chi connectivity index (χ4n) is 2.74. The van der Waals surface area contributed by atoms with Crippen molar-refractivity contribution < 1.29 is 14.3 Å². The van der Waals surface area contributed by atoms with E-state index < -0.39 is 0 Å². The number of carbonyl (C=O) groups is 2. The molecule has 1 aromatic rings. The Morgan fingerprint density at radius 2 is 2.04 bits per heavy atom. The van der Waals surface area contributed by atoms with E-state index in [2.05, 4.69) is 22.9 Å². The number of halogens is 1. The standard InChI is InChI=1S/C17H25N3O3.ClH/c1-12-10-14(6-7-18-12)17(22)20-9-8-19-16(21)13-4-3-5-15(11-13)23-2;/h3-5,11-12,14,18H,6-10H2,1-2H3,(H,19,21)(H,20,22);1H/t12-,14-;/m0./s1. The number of rotatable bonds is 6. The summed E-state index contributed by atoms with van der Waals surface area (Å²) in [5, 5.41) is 9.02. The van der Waals surface area contributed by atoms with Gasteiger partial charge in [-0.25, -0.2) is 0 Å². The van der Waals surface area contributed by atoms with Gasteiger partial charge < -0.3 is 20.7 Å². The van der Waals surface area contributed by atoms with Gasteiger partial charge in [0.05, 0.1) is 7.11 Å². The van der Waals surface area contributed by atoms with Crippen molar-refractivity contribution in [3.05, 3.63) is 29.8 Å². The van der Waals surface area contributed by atoms with Crippen LogP contribution in [0.3, 0.4) is 0 Å². The highest BCUT2D eigenvalue weighted by molar-refractivity contribution is 5.94. The van der Waals surface area contributed by atoms with Crippen molar-refractivity contribution in [2.45, 2.75) is 25.8 Å². The SMILES string of the molecule is COc1cccc(C(=O)NCCNC(=O)[C@H]2CCN[C@@H](C)C2)c1.Cl. The van der Waals surface area contributed by atoms with Crippen LogP contribution in [0.4, 0.5) is 0 Å². The Hall–Kier alpha value is -1.79. The molecule has 1 aliphatic rings. The highest BCUT2D eigenvalue weighted by Crippen LogP contribution is 2.15. The minimum absolute atomic E-state index is 0. The summed E-state index contributed by atoms with van der Waals surface area (Å²) in [5.41, 5.74) is 0.544. The summed E-state index contributed by atoms with van der Waals surface area (Å²) >= 11 is 0. The summed E-state index contributed by atoms with van der Waals surface area (Å²) in [4.78, 5) is 24.1. The van der Waals surface area contributed by atoms with E-state index in [1.54, 1.807) is 31.4 Å². The average Bonchev–Trinajstić information content (AvgIpc) is 2.58. The second-order valence-corrected chi connectivity index (χ2v) is 5.86. The van der Waals surface area contributed by atoms with Gasteiger partial charge in [0, 0.05) is 30.6 Å². The largest absolute Gasteiger partial charge is 0.497 e. The van der Waals surface area contributed by atoms with Crippen molar-refractivity contribution in [3.63, 3.8) is 0 Å². The van der Waals surface area contributed by atoms with E-state index in [1.807, 2.05) is 0 Å². The van der Waals surface area contributed by atoms with Crippen LogP contribution in [0.1, 0.15) is 30.1 Å². The molecule has 0 bridgehead atoms. The maximum Gasteiger partial charge on any atom is 0.251 e. The van der Waals surface area contributed by atoms with Crippen LogP contribution in [-0.4, -0.2) is 44.6 Å². The molecular weight excluding hydrogens is 330 g/mol. The maximum absolute atomic E-state index is 12.1. The molecule has 0 aliphatic carbocycles. The van der Waals surface area contributed by atoms with Gasteiger partial charge in [-0.15, -0.1) is 12.4 Å². The molecule has 0 unspecified atom stereocenters. The molecule has 0 radical (unpaired) electrons. The van der Waals surface area contributed by atoms with Gasteiger partial charge >= 0.3 is 0 Å². The second kappa shape index (κ2) is 10.2. The first-order valence-electron chi connectivity index (χ1n) is 8.03. The molecule has 0 saturated carbocycles. The molecule has 0 aromatic heterocycles. The summed E-state index contributed by atoms with van der Waals surface area (Å²) in [5.74, 6) is 0.619. The lowest BCUT2D eigenvalue weighted by Gasteiger charge is -2.27. The van der Waals surface area contributed by atoms with Gasteiger partial charge in [-0.1, -0.05) is 6.07 Å². The van der Waals surface area contributed by atoms with Crippen LogP contribution in [0.5, 0.6) is 5.75 Å². The Balaban J connectivity index is 0.00000288. The number of hydrogen-bond donors (Lipinski definition) is 3. The highest BCUT2D eigenvalue weighted by atomic mass is 35.5. The van der Waals surface area contributed by atoms with Crippen LogP contribution in [0.25, 0.3) is 0 Å². The Bertz CT molecular complexity index is 554. The van der Waals surface area contributed by atoms with Crippen LogP contribution in [0.15, 0.2) is 24.3 Å². The molecule has 2 atom stereocenters. The van der Waals surface area contributed by atoms with Crippen molar-refractivity contribution in [1.82, 2.24) is 16.0 Å². The maximum atomic E-state index is 12.1. The zero-order valence-electron chi connectivity index (χ0n) is 14.1. The molecule has 0 spiro atoms. The van der Waals surface area contributed by atoms with Crippen molar-refractivity contribution in [1.29, 1.82) is 0 Å².